The van der Waals surface area contributed by atoms with Crippen LogP contribution in [0.25, 0.3) is 0 Å². The summed E-state index contributed by atoms with van der Waals surface area (Å²) in [6.07, 6.45) is 1.42. The van der Waals surface area contributed by atoms with E-state index in [4.69, 9.17) is 15.6 Å². The molecule has 1 aromatic carbocycles. The smallest absolute Gasteiger partial charge is 0.303 e. The van der Waals surface area contributed by atoms with Gasteiger partial charge in [0.05, 0.1) is 6.10 Å². The van der Waals surface area contributed by atoms with Gasteiger partial charge in [-0.15, -0.1) is 0 Å². The van der Waals surface area contributed by atoms with Crippen molar-refractivity contribution in [2.45, 2.75) is 31.4 Å². The molecule has 0 bridgehead atoms. The largest absolute Gasteiger partial charge is 0.481 e. The molecule has 0 heterocycles. The number of hydrogen-bond acceptors (Lipinski definition) is 3. The van der Waals surface area contributed by atoms with E-state index in [2.05, 4.69) is 6.07 Å². The first-order valence-electron chi connectivity index (χ1n) is 5.85. The standard InChI is InChI=1S/C13H17NO3/c14-11-8-9-4-1-2-5-10(9)13(11)17-7-3-6-12(15)16/h1-2,4-5,11,13H,3,6-8,14H2,(H,15,16). The molecule has 1 aliphatic carbocycles. The Morgan fingerprint density at radius 1 is 1.47 bits per heavy atom. The quantitative estimate of drug-likeness (QED) is 0.758. The Kier molecular flexibility index (Phi) is 3.76. The van der Waals surface area contributed by atoms with Crippen molar-refractivity contribution in [3.8, 4) is 0 Å². The molecule has 0 fully saturated rings. The first-order chi connectivity index (χ1) is 8.18. The van der Waals surface area contributed by atoms with Crippen molar-refractivity contribution in [2.75, 3.05) is 6.61 Å². The fourth-order valence-corrected chi connectivity index (χ4v) is 2.24. The van der Waals surface area contributed by atoms with Gasteiger partial charge in [0.2, 0.25) is 0 Å². The Balaban J connectivity index is 1.90. The van der Waals surface area contributed by atoms with E-state index < -0.39 is 5.97 Å². The molecular formula is C13H17NO3. The molecule has 92 valence electrons. The summed E-state index contributed by atoms with van der Waals surface area (Å²) in [6.45, 7) is 0.443. The van der Waals surface area contributed by atoms with Crippen LogP contribution >= 0.6 is 0 Å². The lowest BCUT2D eigenvalue weighted by molar-refractivity contribution is -0.137. The van der Waals surface area contributed by atoms with Crippen molar-refractivity contribution in [1.29, 1.82) is 0 Å². The Bertz CT molecular complexity index is 405. The van der Waals surface area contributed by atoms with Gasteiger partial charge < -0.3 is 15.6 Å². The van der Waals surface area contributed by atoms with E-state index in [9.17, 15) is 4.79 Å². The SMILES string of the molecule is NC1Cc2ccccc2C1OCCCC(=O)O. The minimum atomic E-state index is -0.787. The van der Waals surface area contributed by atoms with E-state index >= 15 is 0 Å². The van der Waals surface area contributed by atoms with E-state index in [0.717, 1.165) is 12.0 Å². The van der Waals surface area contributed by atoms with Crippen LogP contribution in [0.5, 0.6) is 0 Å². The molecular weight excluding hydrogens is 218 g/mol. The molecule has 0 radical (unpaired) electrons. The van der Waals surface area contributed by atoms with Crippen LogP contribution in [0, 0.1) is 0 Å². The van der Waals surface area contributed by atoms with Gasteiger partial charge in [0.1, 0.15) is 0 Å². The van der Waals surface area contributed by atoms with Crippen molar-refractivity contribution in [3.63, 3.8) is 0 Å². The zero-order valence-corrected chi connectivity index (χ0v) is 9.63. The van der Waals surface area contributed by atoms with Gasteiger partial charge in [-0.25, -0.2) is 0 Å². The third-order valence-electron chi connectivity index (χ3n) is 3.04. The maximum Gasteiger partial charge on any atom is 0.303 e. The molecule has 1 aliphatic rings. The lowest BCUT2D eigenvalue weighted by atomic mass is 10.1. The molecule has 0 saturated heterocycles. The molecule has 17 heavy (non-hydrogen) atoms. The minimum Gasteiger partial charge on any atom is -0.481 e. The summed E-state index contributed by atoms with van der Waals surface area (Å²) in [7, 11) is 0. The molecule has 0 amide bonds. The molecule has 0 aromatic heterocycles. The van der Waals surface area contributed by atoms with Crippen molar-refractivity contribution >= 4 is 5.97 Å². The summed E-state index contributed by atoms with van der Waals surface area (Å²) in [5, 5.41) is 8.53. The predicted octanol–water partition coefficient (Wildman–Crippen LogP) is 1.49. The second-order valence-corrected chi connectivity index (χ2v) is 4.36. The maximum absolute atomic E-state index is 10.4. The van der Waals surface area contributed by atoms with Gasteiger partial charge in [0, 0.05) is 19.1 Å². The lowest BCUT2D eigenvalue weighted by Gasteiger charge is -2.17. The molecule has 2 unspecified atom stereocenters. The van der Waals surface area contributed by atoms with Crippen LogP contribution in [0.4, 0.5) is 0 Å². The summed E-state index contributed by atoms with van der Waals surface area (Å²) < 4.78 is 5.70. The average Bonchev–Trinajstić information content (AvgIpc) is 2.60. The summed E-state index contributed by atoms with van der Waals surface area (Å²) in [5.41, 5.74) is 8.42. The van der Waals surface area contributed by atoms with E-state index in [1.165, 1.54) is 5.56 Å². The van der Waals surface area contributed by atoms with Crippen LogP contribution in [0.3, 0.4) is 0 Å². The molecule has 3 N–H and O–H groups in total. The van der Waals surface area contributed by atoms with Crippen LogP contribution in [0.1, 0.15) is 30.1 Å². The highest BCUT2D eigenvalue weighted by atomic mass is 16.5. The molecule has 4 heteroatoms. The van der Waals surface area contributed by atoms with Gasteiger partial charge in [-0.3, -0.25) is 4.79 Å². The number of carboxylic acids is 1. The second kappa shape index (κ2) is 5.29. The maximum atomic E-state index is 10.4. The number of fused-ring (bicyclic) bond motifs is 1. The fraction of sp³-hybridized carbons (Fsp3) is 0.462. The molecule has 0 spiro atoms. The van der Waals surface area contributed by atoms with Crippen molar-refractivity contribution in [2.24, 2.45) is 5.73 Å². The summed E-state index contributed by atoms with van der Waals surface area (Å²) in [5.74, 6) is -0.787. The molecule has 0 aliphatic heterocycles. The third kappa shape index (κ3) is 2.84. The number of ether oxygens (including phenoxy) is 1. The van der Waals surface area contributed by atoms with Gasteiger partial charge >= 0.3 is 5.97 Å². The molecule has 4 nitrogen and oxygen atoms in total. The zero-order chi connectivity index (χ0) is 12.3. The van der Waals surface area contributed by atoms with Crippen LogP contribution in [0.15, 0.2) is 24.3 Å². The monoisotopic (exact) mass is 235 g/mol. The number of hydrogen-bond donors (Lipinski definition) is 2. The molecule has 1 aromatic rings. The third-order valence-corrected chi connectivity index (χ3v) is 3.04. The van der Waals surface area contributed by atoms with E-state index in [-0.39, 0.29) is 18.6 Å². The van der Waals surface area contributed by atoms with Crippen LogP contribution in [-0.2, 0) is 16.0 Å². The molecule has 0 saturated carbocycles. The van der Waals surface area contributed by atoms with Gasteiger partial charge in [0.25, 0.3) is 0 Å². The Labute approximate surface area is 100 Å². The summed E-state index contributed by atoms with van der Waals surface area (Å²) in [4.78, 5) is 10.4. The highest BCUT2D eigenvalue weighted by Crippen LogP contribution is 2.32. The molecule has 2 rings (SSSR count). The number of rotatable bonds is 5. The Morgan fingerprint density at radius 2 is 2.24 bits per heavy atom. The van der Waals surface area contributed by atoms with Gasteiger partial charge in [0.15, 0.2) is 0 Å². The first-order valence-corrected chi connectivity index (χ1v) is 5.85. The van der Waals surface area contributed by atoms with Crippen LogP contribution in [-0.4, -0.2) is 23.7 Å². The minimum absolute atomic E-state index is 0.0165. The number of carboxylic acid groups (broad SMARTS) is 1. The Hall–Kier alpha value is -1.39. The van der Waals surface area contributed by atoms with Gasteiger partial charge in [-0.05, 0) is 24.0 Å². The zero-order valence-electron chi connectivity index (χ0n) is 9.63. The second-order valence-electron chi connectivity index (χ2n) is 4.36. The normalized spacial score (nSPS) is 22.4. The van der Waals surface area contributed by atoms with Crippen molar-refractivity contribution in [1.82, 2.24) is 0 Å². The van der Waals surface area contributed by atoms with Crippen LogP contribution in [0.2, 0.25) is 0 Å². The summed E-state index contributed by atoms with van der Waals surface area (Å²) in [6, 6.07) is 8.06. The van der Waals surface area contributed by atoms with Crippen LogP contribution < -0.4 is 5.73 Å². The van der Waals surface area contributed by atoms with E-state index in [1.54, 1.807) is 0 Å². The summed E-state index contributed by atoms with van der Waals surface area (Å²) >= 11 is 0. The van der Waals surface area contributed by atoms with Gasteiger partial charge in [-0.1, -0.05) is 24.3 Å². The number of benzene rings is 1. The lowest BCUT2D eigenvalue weighted by Crippen LogP contribution is -2.27. The predicted molar refractivity (Wildman–Crippen MR) is 63.7 cm³/mol. The Morgan fingerprint density at radius 3 is 3.00 bits per heavy atom. The highest BCUT2D eigenvalue weighted by Gasteiger charge is 2.29. The van der Waals surface area contributed by atoms with E-state index in [0.29, 0.717) is 13.0 Å². The average molecular weight is 235 g/mol. The fourth-order valence-electron chi connectivity index (χ4n) is 2.24. The number of aliphatic carboxylic acids is 1. The van der Waals surface area contributed by atoms with Crippen molar-refractivity contribution < 1.29 is 14.6 Å². The number of carbonyl (C=O) groups is 1. The highest BCUT2D eigenvalue weighted by molar-refractivity contribution is 5.66. The van der Waals surface area contributed by atoms with E-state index in [1.807, 2.05) is 18.2 Å². The van der Waals surface area contributed by atoms with Crippen molar-refractivity contribution in [3.05, 3.63) is 35.4 Å². The molecule has 2 atom stereocenters. The topological polar surface area (TPSA) is 72.5 Å². The van der Waals surface area contributed by atoms with Gasteiger partial charge in [-0.2, -0.15) is 0 Å². The first kappa shape index (κ1) is 12.1. The number of nitrogens with two attached hydrogens (primary N) is 1.